The molecule has 0 aliphatic carbocycles. The molecule has 27 heavy (non-hydrogen) atoms. The molecule has 0 spiro atoms. The first-order valence-electron chi connectivity index (χ1n) is 7.52. The molecule has 0 saturated carbocycles. The predicted octanol–water partition coefficient (Wildman–Crippen LogP) is 2.68. The molecule has 0 saturated heterocycles. The predicted molar refractivity (Wildman–Crippen MR) is 94.0 cm³/mol. The fourth-order valence-corrected chi connectivity index (χ4v) is 2.47. The average Bonchev–Trinajstić information content (AvgIpc) is 2.91. The summed E-state index contributed by atoms with van der Waals surface area (Å²) in [6, 6.07) is 3.39. The first-order valence-corrected chi connectivity index (χ1v) is 7.90. The number of amides is 2. The summed E-state index contributed by atoms with van der Waals surface area (Å²) in [5.41, 5.74) is 4.14. The number of furan rings is 1. The van der Waals surface area contributed by atoms with E-state index in [-0.39, 0.29) is 40.0 Å². The zero-order valence-electron chi connectivity index (χ0n) is 14.2. The molecule has 0 unspecified atom stereocenters. The topological polar surface area (TPSA) is 155 Å². The number of rotatable bonds is 6. The smallest absolute Gasteiger partial charge is 0.342 e. The number of anilines is 1. The van der Waals surface area contributed by atoms with E-state index in [0.717, 1.165) is 6.07 Å². The molecular weight excluding hydrogens is 382 g/mol. The minimum atomic E-state index is -1.02. The van der Waals surface area contributed by atoms with Gasteiger partial charge in [-0.25, -0.2) is 4.79 Å². The molecule has 1 aromatic carbocycles. The van der Waals surface area contributed by atoms with Gasteiger partial charge in [0.05, 0.1) is 11.5 Å². The van der Waals surface area contributed by atoms with E-state index < -0.39 is 28.4 Å². The number of halogens is 1. The lowest BCUT2D eigenvalue weighted by Crippen LogP contribution is -2.20. The molecule has 1 heterocycles. The zero-order chi connectivity index (χ0) is 20.3. The van der Waals surface area contributed by atoms with Crippen molar-refractivity contribution in [3.63, 3.8) is 0 Å². The van der Waals surface area contributed by atoms with Crippen LogP contribution in [0.5, 0.6) is 0 Å². The Bertz CT molecular complexity index is 952. The highest BCUT2D eigenvalue weighted by molar-refractivity contribution is 6.32. The van der Waals surface area contributed by atoms with Crippen molar-refractivity contribution in [2.24, 2.45) is 5.73 Å². The van der Waals surface area contributed by atoms with Gasteiger partial charge < -0.3 is 14.9 Å². The van der Waals surface area contributed by atoms with Gasteiger partial charge in [-0.2, -0.15) is 0 Å². The lowest BCUT2D eigenvalue weighted by Gasteiger charge is -2.05. The van der Waals surface area contributed by atoms with Gasteiger partial charge in [0.2, 0.25) is 5.88 Å². The number of aryl methyl sites for hydroxylation is 1. The summed E-state index contributed by atoms with van der Waals surface area (Å²) in [5.74, 6) is -3.05. The van der Waals surface area contributed by atoms with Crippen LogP contribution in [0.3, 0.4) is 0 Å². The second kappa shape index (κ2) is 7.87. The van der Waals surface area contributed by atoms with E-state index in [1.807, 2.05) is 0 Å². The average molecular weight is 396 g/mol. The maximum absolute atomic E-state index is 12.4. The van der Waals surface area contributed by atoms with E-state index in [2.05, 4.69) is 5.32 Å². The molecule has 0 radical (unpaired) electrons. The molecule has 0 bridgehead atoms. The fraction of sp³-hybridized carbons (Fsp3) is 0.188. The third-order valence-corrected chi connectivity index (χ3v) is 3.76. The number of nitro groups is 1. The summed E-state index contributed by atoms with van der Waals surface area (Å²) in [6.07, 6.45) is 0. The molecule has 2 aromatic rings. The number of nitro benzene ring substituents is 1. The van der Waals surface area contributed by atoms with E-state index in [9.17, 15) is 24.5 Å². The van der Waals surface area contributed by atoms with Crippen molar-refractivity contribution < 1.29 is 28.5 Å². The van der Waals surface area contributed by atoms with Gasteiger partial charge in [0.1, 0.15) is 21.9 Å². The van der Waals surface area contributed by atoms with Crippen LogP contribution in [0.25, 0.3) is 0 Å². The Morgan fingerprint density at radius 2 is 2.00 bits per heavy atom. The van der Waals surface area contributed by atoms with Crippen molar-refractivity contribution in [3.05, 3.63) is 55.8 Å². The molecule has 0 aliphatic rings. The molecule has 3 N–H and O–H groups in total. The van der Waals surface area contributed by atoms with Gasteiger partial charge in [-0.1, -0.05) is 11.6 Å². The molecule has 10 nitrogen and oxygen atoms in total. The normalized spacial score (nSPS) is 10.3. The number of ether oxygens (including phenoxy) is 1. The number of nitrogens with one attached hydrogen (secondary N) is 1. The molecule has 0 atom stereocenters. The van der Waals surface area contributed by atoms with Crippen molar-refractivity contribution in [3.8, 4) is 0 Å². The van der Waals surface area contributed by atoms with Crippen molar-refractivity contribution in [1.29, 1.82) is 0 Å². The molecule has 1 aromatic heterocycles. The molecule has 142 valence electrons. The van der Waals surface area contributed by atoms with E-state index in [1.54, 1.807) is 6.92 Å². The highest BCUT2D eigenvalue weighted by Gasteiger charge is 2.29. The monoisotopic (exact) mass is 395 g/mol. The Balaban J connectivity index is 2.43. The van der Waals surface area contributed by atoms with Gasteiger partial charge in [0.15, 0.2) is 0 Å². The number of primary amides is 1. The maximum atomic E-state index is 12.4. The Kier molecular flexibility index (Phi) is 5.81. The third kappa shape index (κ3) is 4.06. The Morgan fingerprint density at radius 1 is 1.33 bits per heavy atom. The number of benzene rings is 1. The maximum Gasteiger partial charge on any atom is 0.342 e. The largest absolute Gasteiger partial charge is 0.462 e. The summed E-state index contributed by atoms with van der Waals surface area (Å²) in [5, 5.41) is 13.1. The van der Waals surface area contributed by atoms with Gasteiger partial charge in [-0.3, -0.25) is 25.0 Å². The fourth-order valence-electron chi connectivity index (χ4n) is 2.29. The highest BCUT2D eigenvalue weighted by Crippen LogP contribution is 2.29. The van der Waals surface area contributed by atoms with Crippen LogP contribution in [0.4, 0.5) is 11.6 Å². The van der Waals surface area contributed by atoms with E-state index in [0.29, 0.717) is 0 Å². The van der Waals surface area contributed by atoms with Gasteiger partial charge in [-0.05, 0) is 26.0 Å². The van der Waals surface area contributed by atoms with Gasteiger partial charge in [-0.15, -0.1) is 0 Å². The van der Waals surface area contributed by atoms with Crippen LogP contribution in [0.2, 0.25) is 5.02 Å². The third-order valence-electron chi connectivity index (χ3n) is 3.44. The van der Waals surface area contributed by atoms with Crippen LogP contribution < -0.4 is 11.1 Å². The van der Waals surface area contributed by atoms with E-state index >= 15 is 0 Å². The van der Waals surface area contributed by atoms with E-state index in [4.69, 9.17) is 26.5 Å². The lowest BCUT2D eigenvalue weighted by molar-refractivity contribution is -0.384. The lowest BCUT2D eigenvalue weighted by atomic mass is 10.1. The van der Waals surface area contributed by atoms with Gasteiger partial charge in [0, 0.05) is 11.6 Å². The molecule has 11 heteroatoms. The van der Waals surface area contributed by atoms with Gasteiger partial charge >= 0.3 is 5.97 Å². The second-order valence-corrected chi connectivity index (χ2v) is 5.61. The van der Waals surface area contributed by atoms with Crippen molar-refractivity contribution >= 4 is 41.0 Å². The molecular formula is C16H14ClN3O7. The van der Waals surface area contributed by atoms with Crippen LogP contribution in [-0.2, 0) is 4.74 Å². The Labute approximate surface area is 157 Å². The first-order chi connectivity index (χ1) is 12.7. The molecule has 2 amide bonds. The summed E-state index contributed by atoms with van der Waals surface area (Å²) < 4.78 is 10.1. The second-order valence-electron chi connectivity index (χ2n) is 5.20. The Morgan fingerprint density at radius 3 is 2.56 bits per heavy atom. The number of carbonyl (C=O) groups excluding carboxylic acids is 3. The quantitative estimate of drug-likeness (QED) is 0.432. The zero-order valence-corrected chi connectivity index (χ0v) is 15.0. The summed E-state index contributed by atoms with van der Waals surface area (Å²) in [4.78, 5) is 46.4. The summed E-state index contributed by atoms with van der Waals surface area (Å²) in [6.45, 7) is 3.02. The molecule has 2 rings (SSSR count). The number of hydrogen-bond donors (Lipinski definition) is 2. The van der Waals surface area contributed by atoms with Crippen LogP contribution in [-0.4, -0.2) is 29.3 Å². The summed E-state index contributed by atoms with van der Waals surface area (Å²) >= 11 is 5.71. The SMILES string of the molecule is CCOC(=O)c1c(C)oc(NC(=O)c2ccc(Cl)c([N+](=O)[O-])c2)c1C(N)=O. The number of nitrogens with zero attached hydrogens (tertiary/aromatic N) is 1. The van der Waals surface area contributed by atoms with Crippen molar-refractivity contribution in [2.75, 3.05) is 11.9 Å². The van der Waals surface area contributed by atoms with Crippen LogP contribution in [0.15, 0.2) is 22.6 Å². The minimum Gasteiger partial charge on any atom is -0.462 e. The van der Waals surface area contributed by atoms with Crippen LogP contribution in [0.1, 0.15) is 43.8 Å². The van der Waals surface area contributed by atoms with Crippen LogP contribution in [0, 0.1) is 17.0 Å². The minimum absolute atomic E-state index is 0.0136. The summed E-state index contributed by atoms with van der Waals surface area (Å²) in [7, 11) is 0. The van der Waals surface area contributed by atoms with Crippen molar-refractivity contribution in [2.45, 2.75) is 13.8 Å². The Hall–Kier alpha value is -3.40. The highest BCUT2D eigenvalue weighted by atomic mass is 35.5. The van der Waals surface area contributed by atoms with Gasteiger partial charge in [0.25, 0.3) is 17.5 Å². The number of nitrogens with two attached hydrogens (primary N) is 1. The standard InChI is InChI=1S/C16H14ClN3O7/c1-3-26-16(23)11-7(2)27-15(12(11)13(18)21)19-14(22)8-4-5-9(17)10(6-8)20(24)25/h4-6H,3H2,1-2H3,(H2,18,21)(H,19,22). The number of hydrogen-bond acceptors (Lipinski definition) is 7. The number of carbonyl (C=O) groups is 3. The van der Waals surface area contributed by atoms with E-state index in [1.165, 1.54) is 19.1 Å². The first kappa shape index (κ1) is 19.9. The molecule has 0 fully saturated rings. The van der Waals surface area contributed by atoms with Crippen molar-refractivity contribution in [1.82, 2.24) is 0 Å². The number of esters is 1. The van der Waals surface area contributed by atoms with Crippen LogP contribution >= 0.6 is 11.6 Å². The molecule has 0 aliphatic heterocycles.